The summed E-state index contributed by atoms with van der Waals surface area (Å²) >= 11 is 0. The summed E-state index contributed by atoms with van der Waals surface area (Å²) in [6, 6.07) is 5.67. The zero-order chi connectivity index (χ0) is 40.4. The molecule has 4 heterocycles. The van der Waals surface area contributed by atoms with E-state index in [0.717, 1.165) is 11.3 Å². The standard InChI is InChI=1S/C38H49N11O6/c1-21-12-14-25(17-29(21)49-20-26-18-40-36(44-30(26)47(9)37(49)55)43-27-15-13-22(2)39-19-27)31(50)41-24(4)34(53)48-16-10-11-28(48)32(51)45-38(5,6)35(54)42-23(3)33(52)46(7)8/h12-15,17-19,23-24,28H,10-11,16,20H2,1-9H3,(H,41,50)(H,42,54)(H,45,51)(H,40,43,44)/t23-,24-,28-/m0/s1. The maximum Gasteiger partial charge on any atom is 0.330 e. The lowest BCUT2D eigenvalue weighted by molar-refractivity contribution is -0.142. The number of carbonyl (C=O) groups is 6. The summed E-state index contributed by atoms with van der Waals surface area (Å²) in [5, 5.41) is 11.2. The van der Waals surface area contributed by atoms with E-state index in [1.165, 1.54) is 28.5 Å². The van der Waals surface area contributed by atoms with Crippen LogP contribution in [0.25, 0.3) is 0 Å². The lowest BCUT2D eigenvalue weighted by Crippen LogP contribution is -2.61. The minimum absolute atomic E-state index is 0.162. The molecule has 3 atom stereocenters. The highest BCUT2D eigenvalue weighted by atomic mass is 16.2. The number of fused-ring (bicyclic) bond motifs is 1. The van der Waals surface area contributed by atoms with Crippen molar-refractivity contribution in [1.29, 1.82) is 0 Å². The third kappa shape index (κ3) is 8.82. The Kier molecular flexibility index (Phi) is 11.7. The van der Waals surface area contributed by atoms with Crippen LogP contribution in [0.1, 0.15) is 67.7 Å². The number of amides is 7. The average Bonchev–Trinajstić information content (AvgIpc) is 3.64. The SMILES string of the molecule is Cc1ccc(Nc2ncc3c(n2)N(C)C(=O)N(c2cc(C(=O)N[C@@H](C)C(=O)N4CCC[C@H]4C(=O)NC(C)(C)C(=O)N[C@@H](C)C(=O)N(C)C)ccc2C)C3)cn1. The van der Waals surface area contributed by atoms with Crippen LogP contribution < -0.4 is 31.1 Å². The van der Waals surface area contributed by atoms with Crippen LogP contribution in [0.4, 0.5) is 27.9 Å². The van der Waals surface area contributed by atoms with Gasteiger partial charge in [-0.1, -0.05) is 6.07 Å². The van der Waals surface area contributed by atoms with E-state index >= 15 is 0 Å². The first-order valence-electron chi connectivity index (χ1n) is 18.0. The van der Waals surface area contributed by atoms with Crippen molar-refractivity contribution in [2.45, 2.75) is 84.6 Å². The summed E-state index contributed by atoms with van der Waals surface area (Å²) < 4.78 is 0. The van der Waals surface area contributed by atoms with E-state index in [0.29, 0.717) is 48.1 Å². The molecule has 0 spiro atoms. The molecule has 0 saturated carbocycles. The van der Waals surface area contributed by atoms with Crippen LogP contribution in [0.3, 0.4) is 0 Å². The van der Waals surface area contributed by atoms with Crippen LogP contribution >= 0.6 is 0 Å². The second kappa shape index (κ2) is 16.1. The monoisotopic (exact) mass is 755 g/mol. The van der Waals surface area contributed by atoms with Crippen LogP contribution in [0.5, 0.6) is 0 Å². The van der Waals surface area contributed by atoms with E-state index in [4.69, 9.17) is 0 Å². The molecule has 0 unspecified atom stereocenters. The summed E-state index contributed by atoms with van der Waals surface area (Å²) in [6.45, 7) is 10.3. The van der Waals surface area contributed by atoms with Crippen molar-refractivity contribution in [2.75, 3.05) is 42.8 Å². The van der Waals surface area contributed by atoms with Crippen LogP contribution in [-0.4, -0.2) is 112 Å². The molecule has 0 radical (unpaired) electrons. The number of carbonyl (C=O) groups excluding carboxylic acids is 6. The molecule has 3 aromatic rings. The number of hydrogen-bond donors (Lipinski definition) is 4. The molecule has 5 rings (SSSR count). The maximum absolute atomic E-state index is 13.7. The number of nitrogens with zero attached hydrogens (tertiary/aromatic N) is 7. The van der Waals surface area contributed by atoms with Gasteiger partial charge in [-0.15, -0.1) is 0 Å². The first-order valence-corrected chi connectivity index (χ1v) is 18.0. The highest BCUT2D eigenvalue weighted by Gasteiger charge is 2.40. The van der Waals surface area contributed by atoms with E-state index in [1.807, 2.05) is 26.0 Å². The molecule has 2 aromatic heterocycles. The number of likely N-dealkylation sites (tertiary alicyclic amines) is 1. The number of anilines is 4. The minimum Gasteiger partial charge on any atom is -0.347 e. The van der Waals surface area contributed by atoms with Crippen molar-refractivity contribution in [1.82, 2.24) is 40.7 Å². The number of pyridine rings is 1. The van der Waals surface area contributed by atoms with Crippen molar-refractivity contribution in [2.24, 2.45) is 0 Å². The molecular weight excluding hydrogens is 706 g/mol. The van der Waals surface area contributed by atoms with Gasteiger partial charge in [-0.25, -0.2) is 9.78 Å². The van der Waals surface area contributed by atoms with Gasteiger partial charge in [-0.2, -0.15) is 4.98 Å². The summed E-state index contributed by atoms with van der Waals surface area (Å²) in [7, 11) is 4.78. The summed E-state index contributed by atoms with van der Waals surface area (Å²) in [5.41, 5.74) is 2.38. The second-order valence-electron chi connectivity index (χ2n) is 14.7. The molecule has 0 bridgehead atoms. The Balaban J connectivity index is 1.23. The molecule has 17 nitrogen and oxygen atoms in total. The number of rotatable bonds is 11. The van der Waals surface area contributed by atoms with E-state index in [1.54, 1.807) is 70.5 Å². The maximum atomic E-state index is 13.7. The van der Waals surface area contributed by atoms with Gasteiger partial charge in [-0.05, 0) is 84.2 Å². The fourth-order valence-electron chi connectivity index (χ4n) is 6.44. The topological polar surface area (TPSA) is 202 Å². The predicted molar refractivity (Wildman–Crippen MR) is 206 cm³/mol. The van der Waals surface area contributed by atoms with Crippen LogP contribution in [0, 0.1) is 13.8 Å². The van der Waals surface area contributed by atoms with Crippen LogP contribution in [0.15, 0.2) is 42.7 Å². The van der Waals surface area contributed by atoms with Crippen molar-refractivity contribution in [3.63, 3.8) is 0 Å². The normalized spacial score (nSPS) is 16.5. The van der Waals surface area contributed by atoms with Gasteiger partial charge in [0.25, 0.3) is 5.91 Å². The fraction of sp³-hybridized carbons (Fsp3) is 0.447. The summed E-state index contributed by atoms with van der Waals surface area (Å²) in [6.07, 6.45) is 4.26. The summed E-state index contributed by atoms with van der Waals surface area (Å²) in [5.74, 6) is -1.59. The molecular formula is C38H49N11O6. The third-order valence-corrected chi connectivity index (χ3v) is 9.65. The van der Waals surface area contributed by atoms with E-state index in [2.05, 4.69) is 36.2 Å². The van der Waals surface area contributed by atoms with E-state index < -0.39 is 47.3 Å². The van der Waals surface area contributed by atoms with Gasteiger partial charge in [-0.3, -0.25) is 38.8 Å². The minimum atomic E-state index is -1.38. The smallest absolute Gasteiger partial charge is 0.330 e. The Morgan fingerprint density at radius 1 is 0.964 bits per heavy atom. The zero-order valence-electron chi connectivity index (χ0n) is 32.7. The number of hydrogen-bond acceptors (Lipinski definition) is 10. The first kappa shape index (κ1) is 40.1. The number of aryl methyl sites for hydroxylation is 2. The Morgan fingerprint density at radius 3 is 2.36 bits per heavy atom. The van der Waals surface area contributed by atoms with Gasteiger partial charge in [0.1, 0.15) is 29.5 Å². The molecule has 17 heteroatoms. The van der Waals surface area contributed by atoms with E-state index in [9.17, 15) is 28.8 Å². The van der Waals surface area contributed by atoms with Crippen LogP contribution in [-0.2, 0) is 25.7 Å². The number of urea groups is 1. The molecule has 2 aliphatic heterocycles. The lowest BCUT2D eigenvalue weighted by atomic mass is 10.0. The Hall–Kier alpha value is -6.13. The second-order valence-corrected chi connectivity index (χ2v) is 14.7. The summed E-state index contributed by atoms with van der Waals surface area (Å²) in [4.78, 5) is 98.6. The third-order valence-electron chi connectivity index (χ3n) is 9.65. The van der Waals surface area contributed by atoms with Crippen molar-refractivity contribution in [3.8, 4) is 0 Å². The molecule has 55 heavy (non-hydrogen) atoms. The Labute approximate surface area is 320 Å². The molecule has 0 aliphatic carbocycles. The molecule has 4 N–H and O–H groups in total. The first-order chi connectivity index (χ1) is 25.9. The van der Waals surface area contributed by atoms with Crippen LogP contribution in [0.2, 0.25) is 0 Å². The highest BCUT2D eigenvalue weighted by molar-refractivity contribution is 6.07. The van der Waals surface area contributed by atoms with Gasteiger partial charge in [0, 0.05) is 56.4 Å². The number of nitrogens with one attached hydrogen (secondary N) is 4. The molecule has 1 aromatic carbocycles. The van der Waals surface area contributed by atoms with Crippen molar-refractivity contribution < 1.29 is 28.8 Å². The molecule has 2 aliphatic rings. The molecule has 1 fully saturated rings. The number of aromatic nitrogens is 3. The van der Waals surface area contributed by atoms with E-state index in [-0.39, 0.29) is 24.0 Å². The molecule has 7 amide bonds. The van der Waals surface area contributed by atoms with Gasteiger partial charge in [0.2, 0.25) is 29.6 Å². The van der Waals surface area contributed by atoms with Gasteiger partial charge in [0.05, 0.1) is 18.4 Å². The van der Waals surface area contributed by atoms with Gasteiger partial charge in [0.15, 0.2) is 0 Å². The lowest BCUT2D eigenvalue weighted by Gasteiger charge is -2.35. The molecule has 1 saturated heterocycles. The predicted octanol–water partition coefficient (Wildman–Crippen LogP) is 2.41. The average molecular weight is 756 g/mol. The molecule has 292 valence electrons. The fourth-order valence-corrected chi connectivity index (χ4v) is 6.44. The van der Waals surface area contributed by atoms with Gasteiger partial charge < -0.3 is 31.1 Å². The quantitative estimate of drug-likeness (QED) is 0.225. The Morgan fingerprint density at radius 2 is 1.69 bits per heavy atom. The zero-order valence-corrected chi connectivity index (χ0v) is 32.7. The largest absolute Gasteiger partial charge is 0.347 e. The van der Waals surface area contributed by atoms with Crippen molar-refractivity contribution >= 4 is 58.7 Å². The van der Waals surface area contributed by atoms with Gasteiger partial charge >= 0.3 is 6.03 Å². The highest BCUT2D eigenvalue weighted by Crippen LogP contribution is 2.32. The van der Waals surface area contributed by atoms with Crippen molar-refractivity contribution in [3.05, 3.63) is 65.1 Å². The number of likely N-dealkylation sites (N-methyl/N-ethyl adjacent to an activating group) is 1. The Bertz CT molecular complexity index is 2000. The number of benzene rings is 1.